The first-order chi connectivity index (χ1) is 14.2. The molecule has 0 aliphatic carbocycles. The van der Waals surface area contributed by atoms with Gasteiger partial charge in [-0.15, -0.1) is 0 Å². The average molecular weight is 503 g/mol. The summed E-state index contributed by atoms with van der Waals surface area (Å²) in [6.07, 6.45) is -3.09. The molecule has 18 nitrogen and oxygen atoms in total. The third-order valence-corrected chi connectivity index (χ3v) is 7.49. The van der Waals surface area contributed by atoms with Crippen molar-refractivity contribution in [3.05, 3.63) is 16.8 Å². The third-order valence-electron chi connectivity index (χ3n) is 3.82. The molecule has 2 aromatic rings. The van der Waals surface area contributed by atoms with Crippen molar-refractivity contribution in [1.82, 2.24) is 19.5 Å². The second-order valence-electron chi connectivity index (χ2n) is 5.99. The number of anilines is 1. The van der Waals surface area contributed by atoms with Crippen molar-refractivity contribution in [1.29, 1.82) is 0 Å². The zero-order valence-corrected chi connectivity index (χ0v) is 17.5. The molecule has 3 heterocycles. The van der Waals surface area contributed by atoms with Crippen LogP contribution in [0.15, 0.2) is 11.1 Å². The number of fused-ring (bicyclic) bond motifs is 1. The van der Waals surface area contributed by atoms with E-state index in [1.807, 2.05) is 0 Å². The highest BCUT2D eigenvalue weighted by Gasteiger charge is 2.38. The van der Waals surface area contributed by atoms with Gasteiger partial charge in [0.05, 0.1) is 20.5 Å². The Morgan fingerprint density at radius 2 is 1.90 bits per heavy atom. The van der Waals surface area contributed by atoms with Crippen molar-refractivity contribution in [3.63, 3.8) is 0 Å². The molecule has 0 aromatic carbocycles. The lowest BCUT2D eigenvalue weighted by Crippen LogP contribution is -2.28. The molecule has 1 aliphatic rings. The topological polar surface area (TPSA) is 290 Å². The van der Waals surface area contributed by atoms with Gasteiger partial charge in [-0.05, 0) is 0 Å². The van der Waals surface area contributed by atoms with Crippen LogP contribution in [0.5, 0.6) is 0 Å². The zero-order valence-electron chi connectivity index (χ0n) is 14.8. The number of phosphoric ester groups is 1. The van der Waals surface area contributed by atoms with Crippen LogP contribution in [0.3, 0.4) is 0 Å². The summed E-state index contributed by atoms with van der Waals surface area (Å²) >= 11 is 0. The van der Waals surface area contributed by atoms with Gasteiger partial charge >= 0.3 is 5.69 Å². The molecule has 174 valence electrons. The van der Waals surface area contributed by atoms with Crippen molar-refractivity contribution in [3.8, 4) is 0 Å². The standard InChI is InChI=1S/C10H16N5O13P3/c11-8-7-9(13-3-12-8)15(10(17)14-7)6-1-4(16)5(26-6)2-25-30(21,22)28-31(23,24)27-29(18,19)20/h3-6,16H,1-2H2,(H,14,17)(H,21,22)(H,23,24)(H2,11,12,13)(H2,18,19,20)/p-4. The summed E-state index contributed by atoms with van der Waals surface area (Å²) in [7, 11) is -18.0. The van der Waals surface area contributed by atoms with E-state index >= 15 is 0 Å². The zero-order chi connectivity index (χ0) is 23.2. The molecule has 0 bridgehead atoms. The number of aromatic nitrogens is 4. The number of nitrogens with zero attached hydrogens (tertiary/aromatic N) is 3. The van der Waals surface area contributed by atoms with E-state index in [9.17, 15) is 43.2 Å². The Hall–Kier alpha value is -1.52. The van der Waals surface area contributed by atoms with E-state index in [1.54, 1.807) is 0 Å². The number of ether oxygens (including phenoxy) is 1. The Labute approximate surface area is 171 Å². The van der Waals surface area contributed by atoms with E-state index in [-0.39, 0.29) is 23.4 Å². The minimum Gasteiger partial charge on any atom is -0.790 e. The first-order valence-corrected chi connectivity index (χ1v) is 12.3. The van der Waals surface area contributed by atoms with Crippen LogP contribution in [0, 0.1) is 0 Å². The van der Waals surface area contributed by atoms with E-state index in [0.29, 0.717) is 0 Å². The molecule has 2 aromatic heterocycles. The van der Waals surface area contributed by atoms with Crippen LogP contribution >= 0.6 is 23.5 Å². The summed E-state index contributed by atoms with van der Waals surface area (Å²) in [6, 6.07) is 0. The summed E-state index contributed by atoms with van der Waals surface area (Å²) in [5.41, 5.74) is 5.06. The number of rotatable bonds is 8. The van der Waals surface area contributed by atoms with Crippen LogP contribution in [0.2, 0.25) is 0 Å². The molecule has 5 unspecified atom stereocenters. The molecule has 1 aliphatic heterocycles. The maximum atomic E-state index is 12.2. The normalized spacial score (nSPS) is 26.0. The average Bonchev–Trinajstić information content (AvgIpc) is 3.09. The molecule has 3 rings (SSSR count). The number of aromatic amines is 1. The van der Waals surface area contributed by atoms with Gasteiger partial charge in [0.2, 0.25) is 0 Å². The van der Waals surface area contributed by atoms with Crippen LogP contribution in [0.25, 0.3) is 11.2 Å². The fourth-order valence-corrected chi connectivity index (χ4v) is 5.56. The smallest absolute Gasteiger partial charge is 0.329 e. The molecule has 0 amide bonds. The SMILES string of the molecule is Nc1ncnc2c1[nH]c(=O)n2C1CC(O)C(COP(=O)([O-])OP(=O)([O-])OP(=O)([O-])[O-])O1. The monoisotopic (exact) mass is 503 g/mol. The van der Waals surface area contributed by atoms with Gasteiger partial charge in [0.25, 0.3) is 15.6 Å². The van der Waals surface area contributed by atoms with Gasteiger partial charge in [-0.25, -0.2) is 23.6 Å². The number of aliphatic hydroxyl groups is 1. The van der Waals surface area contributed by atoms with Crippen LogP contribution in [-0.4, -0.2) is 43.4 Å². The Morgan fingerprint density at radius 3 is 2.55 bits per heavy atom. The van der Waals surface area contributed by atoms with Gasteiger partial charge in [-0.1, -0.05) is 0 Å². The summed E-state index contributed by atoms with van der Waals surface area (Å²) in [4.78, 5) is 65.5. The highest BCUT2D eigenvalue weighted by molar-refractivity contribution is 7.64. The molecule has 21 heteroatoms. The summed E-state index contributed by atoms with van der Waals surface area (Å²) in [5, 5.41) is 10.1. The maximum Gasteiger partial charge on any atom is 0.329 e. The molecule has 1 fully saturated rings. The predicted octanol–water partition coefficient (Wildman–Crippen LogP) is -3.83. The number of hydrogen-bond donors (Lipinski definition) is 3. The first kappa shape index (κ1) is 24.1. The maximum absolute atomic E-state index is 12.2. The molecule has 0 radical (unpaired) electrons. The van der Waals surface area contributed by atoms with E-state index in [0.717, 1.165) is 10.9 Å². The van der Waals surface area contributed by atoms with Crippen molar-refractivity contribution < 1.29 is 56.3 Å². The molecule has 0 spiro atoms. The van der Waals surface area contributed by atoms with Gasteiger partial charge < -0.3 is 49.2 Å². The lowest BCUT2D eigenvalue weighted by Gasteiger charge is -2.37. The molecule has 0 saturated carbocycles. The van der Waals surface area contributed by atoms with E-state index in [2.05, 4.69) is 28.1 Å². The number of hydrogen-bond acceptors (Lipinski definition) is 16. The van der Waals surface area contributed by atoms with Crippen LogP contribution in [0.4, 0.5) is 5.82 Å². The van der Waals surface area contributed by atoms with Gasteiger partial charge in [0.1, 0.15) is 24.2 Å². The minimum absolute atomic E-state index is 0.0336. The quantitative estimate of drug-likeness (QED) is 0.291. The lowest BCUT2D eigenvalue weighted by atomic mass is 10.2. The highest BCUT2D eigenvalue weighted by Crippen LogP contribution is 2.60. The molecular formula is C10H12N5O13P3-4. The van der Waals surface area contributed by atoms with Crippen molar-refractivity contribution >= 4 is 40.4 Å². The van der Waals surface area contributed by atoms with Crippen LogP contribution < -0.4 is 31.0 Å². The third kappa shape index (κ3) is 5.84. The number of aliphatic hydroxyl groups excluding tert-OH is 1. The number of nitrogens with one attached hydrogen (secondary N) is 1. The van der Waals surface area contributed by atoms with Gasteiger partial charge in [-0.3, -0.25) is 13.4 Å². The van der Waals surface area contributed by atoms with Crippen LogP contribution in [0.1, 0.15) is 12.6 Å². The molecule has 5 atom stereocenters. The van der Waals surface area contributed by atoms with Crippen molar-refractivity contribution in [2.75, 3.05) is 12.3 Å². The summed E-state index contributed by atoms with van der Waals surface area (Å²) in [6.45, 7) is -1.00. The molecule has 1 saturated heterocycles. The first-order valence-electron chi connectivity index (χ1n) is 7.93. The number of phosphoric acid groups is 3. The minimum atomic E-state index is -6.12. The molecule has 31 heavy (non-hydrogen) atoms. The Bertz CT molecular complexity index is 1170. The van der Waals surface area contributed by atoms with E-state index in [1.165, 1.54) is 0 Å². The fraction of sp³-hybridized carbons (Fsp3) is 0.500. The lowest BCUT2D eigenvalue weighted by molar-refractivity contribution is -0.339. The highest BCUT2D eigenvalue weighted by atomic mass is 31.3. The van der Waals surface area contributed by atoms with Gasteiger partial charge in [0.15, 0.2) is 11.5 Å². The summed E-state index contributed by atoms with van der Waals surface area (Å²) in [5.74, 6) is -0.0336. The number of H-pyrrole nitrogens is 1. The number of nitrogen functional groups attached to an aromatic ring is 1. The largest absolute Gasteiger partial charge is 0.790 e. The van der Waals surface area contributed by atoms with Crippen molar-refractivity contribution in [2.45, 2.75) is 24.9 Å². The van der Waals surface area contributed by atoms with E-state index < -0.39 is 54.2 Å². The Balaban J connectivity index is 1.69. The Kier molecular flexibility index (Phi) is 6.57. The number of imidazole rings is 1. The van der Waals surface area contributed by atoms with Gasteiger partial charge in [-0.2, -0.15) is 0 Å². The molecule has 4 N–H and O–H groups in total. The predicted molar refractivity (Wildman–Crippen MR) is 88.0 cm³/mol. The second kappa shape index (κ2) is 8.44. The van der Waals surface area contributed by atoms with Crippen molar-refractivity contribution in [2.24, 2.45) is 0 Å². The molecular weight excluding hydrogens is 491 g/mol. The second-order valence-corrected chi connectivity index (χ2v) is 10.2. The Morgan fingerprint density at radius 1 is 1.23 bits per heavy atom. The fourth-order valence-electron chi connectivity index (χ4n) is 2.69. The number of nitrogens with two attached hydrogens (primary N) is 1. The van der Waals surface area contributed by atoms with Gasteiger partial charge in [0, 0.05) is 6.42 Å². The van der Waals surface area contributed by atoms with Crippen LogP contribution in [-0.2, 0) is 31.6 Å². The van der Waals surface area contributed by atoms with E-state index in [4.69, 9.17) is 10.5 Å². The summed E-state index contributed by atoms with van der Waals surface area (Å²) < 4.78 is 50.1.